The number of allylic oxidation sites excluding steroid dienone is 1. The predicted molar refractivity (Wildman–Crippen MR) is 206 cm³/mol. The Morgan fingerprint density at radius 2 is 1.89 bits per heavy atom. The number of alkyl carbamates (subject to hydrolysis) is 1. The van der Waals surface area contributed by atoms with Gasteiger partial charge in [0.05, 0.1) is 13.7 Å². The van der Waals surface area contributed by atoms with E-state index in [2.05, 4.69) is 27.3 Å². The molecule has 1 saturated heterocycles. The molecule has 0 spiro atoms. The minimum atomic E-state index is -4.38. The van der Waals surface area contributed by atoms with E-state index >= 15 is 0 Å². The molecule has 3 N–H and O–H groups in total. The number of ether oxygens (including phenoxy) is 3. The molecule has 306 valence electrons. The number of sulfonamides is 1. The number of amides is 4. The Morgan fingerprint density at radius 1 is 1.14 bits per heavy atom. The molecule has 2 aliphatic carbocycles. The number of nitrogens with zero attached hydrogens (tertiary/aromatic N) is 2. The van der Waals surface area contributed by atoms with Crippen LogP contribution in [0.4, 0.5) is 9.18 Å². The Labute approximate surface area is 327 Å². The lowest BCUT2D eigenvalue weighted by Gasteiger charge is -2.34. The Hall–Kier alpha value is -4.47. The molecule has 1 aromatic heterocycles. The van der Waals surface area contributed by atoms with E-state index in [1.807, 2.05) is 37.3 Å². The van der Waals surface area contributed by atoms with Crippen molar-refractivity contribution in [3.8, 4) is 11.6 Å². The number of halogens is 1. The van der Waals surface area contributed by atoms with Crippen molar-refractivity contribution in [3.05, 3.63) is 42.6 Å². The van der Waals surface area contributed by atoms with Crippen molar-refractivity contribution in [2.45, 2.75) is 120 Å². The number of carbonyl (C=O) groups is 4. The molecule has 4 aliphatic rings. The fraction of sp³-hybridized carbons (Fsp3) is 0.625. The summed E-state index contributed by atoms with van der Waals surface area (Å²) in [6.07, 6.45) is 6.59. The summed E-state index contributed by atoms with van der Waals surface area (Å²) in [7, 11) is -2.82. The average Bonchev–Trinajstić information content (AvgIpc) is 4.05. The van der Waals surface area contributed by atoms with Gasteiger partial charge in [-0.2, -0.15) is 0 Å². The lowest BCUT2D eigenvalue weighted by Crippen LogP contribution is -2.59. The highest BCUT2D eigenvalue weighted by molar-refractivity contribution is 7.91. The number of nitrogens with one attached hydrogen (secondary N) is 3. The second kappa shape index (κ2) is 15.8. The first-order valence-corrected chi connectivity index (χ1v) is 20.9. The van der Waals surface area contributed by atoms with Crippen molar-refractivity contribution in [1.29, 1.82) is 0 Å². The van der Waals surface area contributed by atoms with Gasteiger partial charge < -0.3 is 29.7 Å². The summed E-state index contributed by atoms with van der Waals surface area (Å²) in [6.45, 7) is 8.00. The van der Waals surface area contributed by atoms with Crippen LogP contribution in [0.2, 0.25) is 0 Å². The van der Waals surface area contributed by atoms with E-state index in [0.717, 1.165) is 11.8 Å². The molecule has 2 aliphatic heterocycles. The molecule has 3 heterocycles. The highest BCUT2D eigenvalue weighted by Crippen LogP contribution is 2.48. The van der Waals surface area contributed by atoms with Gasteiger partial charge in [-0.25, -0.2) is 22.6 Å². The Balaban J connectivity index is 1.36. The van der Waals surface area contributed by atoms with E-state index in [9.17, 15) is 32.0 Å². The molecule has 2 saturated carbocycles. The van der Waals surface area contributed by atoms with Crippen molar-refractivity contribution in [2.24, 2.45) is 17.8 Å². The number of alkyl halides is 1. The second-order valence-corrected chi connectivity index (χ2v) is 18.9. The van der Waals surface area contributed by atoms with Crippen molar-refractivity contribution in [1.82, 2.24) is 25.2 Å². The lowest BCUT2D eigenvalue weighted by atomic mass is 9.85. The van der Waals surface area contributed by atoms with Gasteiger partial charge in [0.25, 0.3) is 5.91 Å². The third-order valence-electron chi connectivity index (χ3n) is 11.5. The Morgan fingerprint density at radius 3 is 2.55 bits per heavy atom. The number of fused-ring (bicyclic) bond motifs is 3. The lowest BCUT2D eigenvalue weighted by molar-refractivity contribution is -0.142. The molecule has 7 atom stereocenters. The fourth-order valence-electron chi connectivity index (χ4n) is 7.91. The molecule has 3 fully saturated rings. The molecule has 2 aromatic rings. The van der Waals surface area contributed by atoms with Crippen molar-refractivity contribution in [3.63, 3.8) is 0 Å². The molecular formula is C40H54FN5O9S. The van der Waals surface area contributed by atoms with E-state index in [4.69, 9.17) is 14.2 Å². The van der Waals surface area contributed by atoms with Gasteiger partial charge >= 0.3 is 6.09 Å². The minimum Gasteiger partial charge on any atom is -0.497 e. The monoisotopic (exact) mass is 799 g/mol. The van der Waals surface area contributed by atoms with E-state index in [-0.39, 0.29) is 49.9 Å². The van der Waals surface area contributed by atoms with Crippen molar-refractivity contribution in [2.75, 3.05) is 20.3 Å². The van der Waals surface area contributed by atoms with Crippen molar-refractivity contribution < 1.29 is 46.2 Å². The Bertz CT molecular complexity index is 1980. The van der Waals surface area contributed by atoms with Crippen LogP contribution in [0.1, 0.15) is 86.0 Å². The number of methoxy groups -OCH3 is 1. The van der Waals surface area contributed by atoms with Crippen LogP contribution in [-0.4, -0.2) is 96.5 Å². The zero-order valence-electron chi connectivity index (χ0n) is 32.9. The summed E-state index contributed by atoms with van der Waals surface area (Å²) in [5, 5.41) is 7.16. The van der Waals surface area contributed by atoms with Crippen LogP contribution >= 0.6 is 0 Å². The van der Waals surface area contributed by atoms with Gasteiger partial charge in [0, 0.05) is 23.9 Å². The number of rotatable bonds is 9. The maximum absolute atomic E-state index is 14.9. The van der Waals surface area contributed by atoms with Gasteiger partial charge in [-0.3, -0.25) is 19.1 Å². The van der Waals surface area contributed by atoms with Gasteiger partial charge in [-0.1, -0.05) is 32.4 Å². The summed E-state index contributed by atoms with van der Waals surface area (Å²) in [4.78, 5) is 62.5. The smallest absolute Gasteiger partial charge is 0.408 e. The van der Waals surface area contributed by atoms with Crippen LogP contribution in [0.25, 0.3) is 10.8 Å². The predicted octanol–water partition coefficient (Wildman–Crippen LogP) is 4.71. The van der Waals surface area contributed by atoms with Crippen molar-refractivity contribution >= 4 is 44.6 Å². The first kappa shape index (κ1) is 41.2. The average molecular weight is 800 g/mol. The van der Waals surface area contributed by atoms with Crippen LogP contribution in [0.15, 0.2) is 42.6 Å². The molecule has 56 heavy (non-hydrogen) atoms. The summed E-state index contributed by atoms with van der Waals surface area (Å²) < 4.78 is 58.1. The summed E-state index contributed by atoms with van der Waals surface area (Å²) >= 11 is 0. The maximum Gasteiger partial charge on any atom is 0.408 e. The first-order chi connectivity index (χ1) is 26.4. The molecule has 4 amide bonds. The number of pyridine rings is 1. The first-order valence-electron chi connectivity index (χ1n) is 19.5. The molecule has 14 nitrogen and oxygen atoms in total. The zero-order valence-corrected chi connectivity index (χ0v) is 33.7. The van der Waals surface area contributed by atoms with E-state index < -0.39 is 80.5 Å². The highest BCUT2D eigenvalue weighted by atomic mass is 32.2. The number of carbonyl (C=O) groups excluding carboxylic acids is 4. The largest absolute Gasteiger partial charge is 0.497 e. The van der Waals surface area contributed by atoms with Crippen LogP contribution in [0.3, 0.4) is 0 Å². The number of hydrogen-bond acceptors (Lipinski definition) is 10. The normalized spacial score (nSPS) is 29.2. The molecular weight excluding hydrogens is 746 g/mol. The number of aromatic nitrogens is 1. The van der Waals surface area contributed by atoms with Gasteiger partial charge in [-0.05, 0) is 101 Å². The topological polar surface area (TPSA) is 182 Å². The van der Waals surface area contributed by atoms with Crippen LogP contribution in [0, 0.1) is 17.8 Å². The molecule has 0 radical (unpaired) electrons. The van der Waals surface area contributed by atoms with E-state index in [0.29, 0.717) is 30.4 Å². The maximum atomic E-state index is 14.9. The van der Waals surface area contributed by atoms with Crippen LogP contribution < -0.4 is 24.8 Å². The molecule has 6 rings (SSSR count). The van der Waals surface area contributed by atoms with Gasteiger partial charge in [0.2, 0.25) is 27.7 Å². The highest BCUT2D eigenvalue weighted by Gasteiger charge is 2.64. The van der Waals surface area contributed by atoms with E-state index in [1.54, 1.807) is 40.1 Å². The summed E-state index contributed by atoms with van der Waals surface area (Å²) in [5.74, 6) is -1.97. The standard InChI is InChI=1S/C40H54FN5O9S/c1-7-25-18-24(2)10-8-9-11-27-21-40(27,36(49)45-56(51,52)39(23-41)15-16-39)44-33(47)31-20-29(22-46(31)35(48)32(25)43-37(50)55-38(3,4)5)54-34-30-13-12-28(53-6)19-26(30)14-17-42-34/h9,11-14,17,19,24-25,27,29,31-32H,7-8,10,15-16,18,20-23H2,1-6H3,(H,43,50)(H,44,47)(H,45,49)/t24-,25-,27-,29-,31+,32+,40-/m1/s1. The van der Waals surface area contributed by atoms with Crippen LogP contribution in [0.5, 0.6) is 11.6 Å². The second-order valence-electron chi connectivity index (χ2n) is 16.8. The Kier molecular flexibility index (Phi) is 11.6. The zero-order chi connectivity index (χ0) is 40.6. The molecule has 0 bridgehead atoms. The number of benzene rings is 1. The molecule has 1 aromatic carbocycles. The van der Waals surface area contributed by atoms with Gasteiger partial charge in [-0.15, -0.1) is 0 Å². The van der Waals surface area contributed by atoms with Gasteiger partial charge in [0.15, 0.2) is 0 Å². The third kappa shape index (κ3) is 8.59. The van der Waals surface area contributed by atoms with Crippen LogP contribution in [-0.2, 0) is 29.1 Å². The third-order valence-corrected chi connectivity index (χ3v) is 13.6. The summed E-state index contributed by atoms with van der Waals surface area (Å²) in [5.41, 5.74) is -2.49. The minimum absolute atomic E-state index is 0.000383. The summed E-state index contributed by atoms with van der Waals surface area (Å²) in [6, 6.07) is 4.97. The van der Waals surface area contributed by atoms with Gasteiger partial charge in [0.1, 0.15) is 46.5 Å². The SMILES string of the molecule is CC[C@@H]1C[C@H](C)CCC=C[C@@H]2C[C@@]2(C(=O)NS(=O)(=O)C2(CF)CC2)NC(=O)[C@@H]2C[C@@H](Oc3nccc4cc(OC)ccc34)CN2C(=O)[C@H]1NC(=O)OC(C)(C)C. The molecule has 16 heteroatoms. The quantitative estimate of drug-likeness (QED) is 0.301. The van der Waals surface area contributed by atoms with E-state index in [1.165, 1.54) is 4.90 Å². The molecule has 0 unspecified atom stereocenters. The number of hydrogen-bond donors (Lipinski definition) is 3. The fourth-order valence-corrected chi connectivity index (χ4v) is 9.34.